The molecule has 5 heteroatoms. The molecule has 1 aliphatic heterocycles. The van der Waals surface area contributed by atoms with Crippen molar-refractivity contribution in [3.8, 4) is 0 Å². The zero-order valence-corrected chi connectivity index (χ0v) is 14.2. The van der Waals surface area contributed by atoms with Crippen LogP contribution in [0.2, 0.25) is 0 Å². The lowest BCUT2D eigenvalue weighted by molar-refractivity contribution is -0.143. The molecule has 0 aliphatic carbocycles. The summed E-state index contributed by atoms with van der Waals surface area (Å²) < 4.78 is 13.2. The van der Waals surface area contributed by atoms with Gasteiger partial charge in [-0.2, -0.15) is 0 Å². The number of amides is 2. The Labute approximate surface area is 146 Å². The maximum absolute atomic E-state index is 13.2. The van der Waals surface area contributed by atoms with Crippen molar-refractivity contribution in [2.45, 2.75) is 25.8 Å². The van der Waals surface area contributed by atoms with Crippen LogP contribution in [0, 0.1) is 12.7 Å². The second-order valence-corrected chi connectivity index (χ2v) is 6.32. The lowest BCUT2D eigenvalue weighted by atomic mass is 10.0. The smallest absolute Gasteiger partial charge is 0.247 e. The van der Waals surface area contributed by atoms with Gasteiger partial charge >= 0.3 is 0 Å². The predicted molar refractivity (Wildman–Crippen MR) is 93.4 cm³/mol. The summed E-state index contributed by atoms with van der Waals surface area (Å²) in [6.07, 6.45) is 0.975. The van der Waals surface area contributed by atoms with Crippen LogP contribution in [-0.4, -0.2) is 29.8 Å². The van der Waals surface area contributed by atoms with E-state index in [9.17, 15) is 14.0 Å². The molecule has 1 N–H and O–H groups in total. The summed E-state index contributed by atoms with van der Waals surface area (Å²) in [5, 5.41) is 2.78. The van der Waals surface area contributed by atoms with Crippen molar-refractivity contribution in [3.63, 3.8) is 0 Å². The van der Waals surface area contributed by atoms with Crippen molar-refractivity contribution >= 4 is 11.8 Å². The topological polar surface area (TPSA) is 49.4 Å². The first kappa shape index (κ1) is 17.1. The van der Waals surface area contributed by atoms with Crippen molar-refractivity contribution in [3.05, 3.63) is 71.0 Å². The van der Waals surface area contributed by atoms with Crippen LogP contribution >= 0.6 is 0 Å². The summed E-state index contributed by atoms with van der Waals surface area (Å²) in [4.78, 5) is 26.6. The highest BCUT2D eigenvalue weighted by atomic mass is 19.1. The quantitative estimate of drug-likeness (QED) is 0.930. The third-order valence-electron chi connectivity index (χ3n) is 4.43. The Morgan fingerprint density at radius 2 is 2.00 bits per heavy atom. The molecule has 3 rings (SSSR count). The van der Waals surface area contributed by atoms with Gasteiger partial charge < -0.3 is 10.2 Å². The first-order chi connectivity index (χ1) is 12.0. The first-order valence-corrected chi connectivity index (χ1v) is 8.43. The molecule has 1 atom stereocenters. The molecule has 1 unspecified atom stereocenters. The second-order valence-electron chi connectivity index (χ2n) is 6.32. The summed E-state index contributed by atoms with van der Waals surface area (Å²) in [6.45, 7) is 2.91. The summed E-state index contributed by atoms with van der Waals surface area (Å²) >= 11 is 0. The lowest BCUT2D eigenvalue weighted by Crippen LogP contribution is -2.52. The number of hydrogen-bond donors (Lipinski definition) is 1. The van der Waals surface area contributed by atoms with Gasteiger partial charge in [-0.3, -0.25) is 9.59 Å². The van der Waals surface area contributed by atoms with E-state index in [-0.39, 0.29) is 17.6 Å². The summed E-state index contributed by atoms with van der Waals surface area (Å²) in [5.74, 6) is -0.648. The Hall–Kier alpha value is -2.69. The molecule has 0 radical (unpaired) electrons. The van der Waals surface area contributed by atoms with Gasteiger partial charge in [-0.05, 0) is 36.6 Å². The van der Waals surface area contributed by atoms with Gasteiger partial charge in [-0.15, -0.1) is 0 Å². The number of piperazine rings is 1. The Balaban J connectivity index is 1.74. The third kappa shape index (κ3) is 4.05. The van der Waals surface area contributed by atoms with Gasteiger partial charge in [-0.1, -0.05) is 42.0 Å². The number of carbonyl (C=O) groups excluding carboxylic acids is 2. The Kier molecular flexibility index (Phi) is 5.12. The molecular formula is C20H21FN2O2. The molecule has 0 bridgehead atoms. The summed E-state index contributed by atoms with van der Waals surface area (Å²) in [7, 11) is 0. The minimum Gasteiger partial charge on any atom is -0.352 e. The van der Waals surface area contributed by atoms with E-state index in [0.717, 1.165) is 11.1 Å². The largest absolute Gasteiger partial charge is 0.352 e. The van der Waals surface area contributed by atoms with E-state index in [1.54, 1.807) is 17.0 Å². The molecule has 4 nitrogen and oxygen atoms in total. The molecule has 0 spiro atoms. The van der Waals surface area contributed by atoms with E-state index in [2.05, 4.69) is 11.4 Å². The van der Waals surface area contributed by atoms with Crippen LogP contribution in [-0.2, 0) is 16.0 Å². The summed E-state index contributed by atoms with van der Waals surface area (Å²) in [5.41, 5.74) is 2.89. The van der Waals surface area contributed by atoms with E-state index >= 15 is 0 Å². The zero-order chi connectivity index (χ0) is 17.8. The van der Waals surface area contributed by atoms with Gasteiger partial charge in [0.1, 0.15) is 11.9 Å². The monoisotopic (exact) mass is 340 g/mol. The van der Waals surface area contributed by atoms with Gasteiger partial charge in [-0.25, -0.2) is 4.39 Å². The van der Waals surface area contributed by atoms with Crippen molar-refractivity contribution in [1.29, 1.82) is 0 Å². The Morgan fingerprint density at radius 3 is 2.72 bits per heavy atom. The van der Waals surface area contributed by atoms with Crippen molar-refractivity contribution in [2.75, 3.05) is 13.1 Å². The zero-order valence-electron chi connectivity index (χ0n) is 14.2. The molecule has 1 fully saturated rings. The average molecular weight is 340 g/mol. The van der Waals surface area contributed by atoms with Gasteiger partial charge in [0.25, 0.3) is 0 Å². The van der Waals surface area contributed by atoms with Gasteiger partial charge in [0.2, 0.25) is 11.8 Å². The molecular weight excluding hydrogens is 319 g/mol. The van der Waals surface area contributed by atoms with Crippen molar-refractivity contribution < 1.29 is 14.0 Å². The van der Waals surface area contributed by atoms with Gasteiger partial charge in [0.05, 0.1) is 0 Å². The molecule has 2 aromatic carbocycles. The van der Waals surface area contributed by atoms with Gasteiger partial charge in [0, 0.05) is 19.5 Å². The van der Waals surface area contributed by atoms with E-state index in [1.807, 2.05) is 25.1 Å². The number of carbonyl (C=O) groups is 2. The van der Waals surface area contributed by atoms with Crippen LogP contribution in [0.4, 0.5) is 4.39 Å². The van der Waals surface area contributed by atoms with E-state index < -0.39 is 6.04 Å². The number of rotatable bonds is 4. The second kappa shape index (κ2) is 7.47. The Bertz CT molecular complexity index is 774. The predicted octanol–water partition coefficient (Wildman–Crippen LogP) is 2.77. The SMILES string of the molecule is Cc1cccc(CCC(=O)N2CCNC(=O)C2c2ccc(F)cc2)c1. The number of aryl methyl sites for hydroxylation is 2. The van der Waals surface area contributed by atoms with Crippen LogP contribution in [0.3, 0.4) is 0 Å². The highest BCUT2D eigenvalue weighted by Gasteiger charge is 2.33. The van der Waals surface area contributed by atoms with Crippen LogP contribution in [0.1, 0.15) is 29.2 Å². The number of hydrogen-bond acceptors (Lipinski definition) is 2. The van der Waals surface area contributed by atoms with Crippen LogP contribution in [0.25, 0.3) is 0 Å². The fourth-order valence-electron chi connectivity index (χ4n) is 3.17. The molecule has 2 amide bonds. The van der Waals surface area contributed by atoms with Crippen LogP contribution in [0.15, 0.2) is 48.5 Å². The molecule has 1 heterocycles. The third-order valence-corrected chi connectivity index (χ3v) is 4.43. The van der Waals surface area contributed by atoms with Crippen molar-refractivity contribution in [1.82, 2.24) is 10.2 Å². The van der Waals surface area contributed by atoms with Crippen molar-refractivity contribution in [2.24, 2.45) is 0 Å². The standard InChI is InChI=1S/C20H21FN2O2/c1-14-3-2-4-15(13-14)5-10-18(24)23-12-11-22-20(25)19(23)16-6-8-17(21)9-7-16/h2-4,6-9,13,19H,5,10-12H2,1H3,(H,22,25). The highest BCUT2D eigenvalue weighted by Crippen LogP contribution is 2.24. The number of nitrogens with one attached hydrogen (secondary N) is 1. The molecule has 1 saturated heterocycles. The molecule has 0 aromatic heterocycles. The highest BCUT2D eigenvalue weighted by molar-refractivity contribution is 5.89. The lowest BCUT2D eigenvalue weighted by Gasteiger charge is -2.35. The fourth-order valence-corrected chi connectivity index (χ4v) is 3.17. The summed E-state index contributed by atoms with van der Waals surface area (Å²) in [6, 6.07) is 13.1. The minimum atomic E-state index is -0.695. The van der Waals surface area contributed by atoms with Gasteiger partial charge in [0.15, 0.2) is 0 Å². The molecule has 130 valence electrons. The maximum atomic E-state index is 13.2. The fraction of sp³-hybridized carbons (Fsp3) is 0.300. The molecule has 25 heavy (non-hydrogen) atoms. The van der Waals surface area contributed by atoms with Crippen LogP contribution < -0.4 is 5.32 Å². The van der Waals surface area contributed by atoms with E-state index in [4.69, 9.17) is 0 Å². The molecule has 1 aliphatic rings. The molecule has 2 aromatic rings. The normalized spacial score (nSPS) is 17.3. The maximum Gasteiger partial charge on any atom is 0.247 e. The van der Waals surface area contributed by atoms with E-state index in [0.29, 0.717) is 31.5 Å². The first-order valence-electron chi connectivity index (χ1n) is 8.43. The number of benzene rings is 2. The molecule has 0 saturated carbocycles. The van der Waals surface area contributed by atoms with E-state index in [1.165, 1.54) is 12.1 Å². The number of nitrogens with zero attached hydrogens (tertiary/aromatic N) is 1. The van der Waals surface area contributed by atoms with Crippen LogP contribution in [0.5, 0.6) is 0 Å². The number of halogens is 1. The average Bonchev–Trinajstić information content (AvgIpc) is 2.60. The minimum absolute atomic E-state index is 0.0642. The Morgan fingerprint density at radius 1 is 1.24 bits per heavy atom.